The van der Waals surface area contributed by atoms with Crippen LogP contribution in [0.5, 0.6) is 0 Å². The van der Waals surface area contributed by atoms with Crippen molar-refractivity contribution in [1.82, 2.24) is 0 Å². The maximum Gasteiger partial charge on any atom is 0.0991 e. The number of anilines is 1. The first-order chi connectivity index (χ1) is 7.67. The third-order valence-electron chi connectivity index (χ3n) is 2.75. The maximum absolute atomic E-state index is 8.78. The molecule has 0 spiro atoms. The highest BCUT2D eigenvalue weighted by molar-refractivity contribution is 5.54. The zero-order valence-corrected chi connectivity index (χ0v) is 10.4. The fourth-order valence-electron chi connectivity index (χ4n) is 1.74. The second-order valence-electron chi connectivity index (χ2n) is 4.33. The Labute approximate surface area is 98.3 Å². The van der Waals surface area contributed by atoms with E-state index in [1.54, 1.807) is 0 Å². The number of hydrogen-bond donors (Lipinski definition) is 1. The Balaban J connectivity index is 2.64. The van der Waals surface area contributed by atoms with Crippen LogP contribution in [0, 0.1) is 18.3 Å². The van der Waals surface area contributed by atoms with Gasteiger partial charge in [0, 0.05) is 11.7 Å². The Hall–Kier alpha value is -1.49. The number of hydrogen-bond acceptors (Lipinski definition) is 2. The molecule has 1 atom stereocenters. The molecule has 0 aliphatic heterocycles. The van der Waals surface area contributed by atoms with E-state index >= 15 is 0 Å². The standard InChI is InChI=1S/C14H20N2/c1-4-5-6-12(3)16-14-8-7-13(10-15)9-11(14)2/h7-9,12,16H,4-6H2,1-3H3. The topological polar surface area (TPSA) is 35.8 Å². The summed E-state index contributed by atoms with van der Waals surface area (Å²) in [6.45, 7) is 6.45. The van der Waals surface area contributed by atoms with Gasteiger partial charge in [-0.1, -0.05) is 19.8 Å². The largest absolute Gasteiger partial charge is 0.382 e. The number of nitrogens with one attached hydrogen (secondary N) is 1. The van der Waals surface area contributed by atoms with Crippen molar-refractivity contribution in [3.63, 3.8) is 0 Å². The molecule has 0 fully saturated rings. The summed E-state index contributed by atoms with van der Waals surface area (Å²) >= 11 is 0. The molecule has 0 saturated carbocycles. The number of nitrogens with zero attached hydrogens (tertiary/aromatic N) is 1. The lowest BCUT2D eigenvalue weighted by Gasteiger charge is -2.16. The molecule has 0 heterocycles. The van der Waals surface area contributed by atoms with Crippen molar-refractivity contribution in [1.29, 1.82) is 5.26 Å². The van der Waals surface area contributed by atoms with Gasteiger partial charge in [0.1, 0.15) is 0 Å². The Kier molecular flexibility index (Phi) is 4.85. The molecular formula is C14H20N2. The highest BCUT2D eigenvalue weighted by Gasteiger charge is 2.04. The minimum Gasteiger partial charge on any atom is -0.382 e. The van der Waals surface area contributed by atoms with Gasteiger partial charge in [0.2, 0.25) is 0 Å². The Morgan fingerprint density at radius 2 is 2.19 bits per heavy atom. The molecule has 0 aliphatic carbocycles. The van der Waals surface area contributed by atoms with E-state index in [4.69, 9.17) is 5.26 Å². The van der Waals surface area contributed by atoms with Crippen molar-refractivity contribution >= 4 is 5.69 Å². The first kappa shape index (κ1) is 12.6. The van der Waals surface area contributed by atoms with Crippen LogP contribution < -0.4 is 5.32 Å². The summed E-state index contributed by atoms with van der Waals surface area (Å²) in [5, 5.41) is 12.3. The normalized spacial score (nSPS) is 11.9. The quantitative estimate of drug-likeness (QED) is 0.811. The molecule has 86 valence electrons. The molecule has 1 aromatic rings. The predicted molar refractivity (Wildman–Crippen MR) is 68.5 cm³/mol. The lowest BCUT2D eigenvalue weighted by atomic mass is 10.1. The summed E-state index contributed by atoms with van der Waals surface area (Å²) in [4.78, 5) is 0. The summed E-state index contributed by atoms with van der Waals surface area (Å²) in [7, 11) is 0. The van der Waals surface area contributed by atoms with E-state index in [1.807, 2.05) is 25.1 Å². The number of nitriles is 1. The average Bonchev–Trinajstić information content (AvgIpc) is 2.29. The number of aryl methyl sites for hydroxylation is 1. The van der Waals surface area contributed by atoms with E-state index in [-0.39, 0.29) is 0 Å². The van der Waals surface area contributed by atoms with Crippen molar-refractivity contribution in [3.05, 3.63) is 29.3 Å². The molecule has 0 bridgehead atoms. The molecule has 0 aliphatic rings. The van der Waals surface area contributed by atoms with Gasteiger partial charge < -0.3 is 5.32 Å². The van der Waals surface area contributed by atoms with Gasteiger partial charge in [-0.15, -0.1) is 0 Å². The van der Waals surface area contributed by atoms with Crippen LogP contribution in [0.3, 0.4) is 0 Å². The monoisotopic (exact) mass is 216 g/mol. The van der Waals surface area contributed by atoms with Gasteiger partial charge in [0.15, 0.2) is 0 Å². The Morgan fingerprint density at radius 1 is 1.44 bits per heavy atom. The molecule has 0 saturated heterocycles. The highest BCUT2D eigenvalue weighted by Crippen LogP contribution is 2.18. The van der Waals surface area contributed by atoms with E-state index in [0.717, 1.165) is 16.8 Å². The van der Waals surface area contributed by atoms with Crippen molar-refractivity contribution in [2.45, 2.75) is 46.1 Å². The van der Waals surface area contributed by atoms with Gasteiger partial charge in [0.25, 0.3) is 0 Å². The minimum atomic E-state index is 0.492. The maximum atomic E-state index is 8.78. The first-order valence-corrected chi connectivity index (χ1v) is 5.94. The van der Waals surface area contributed by atoms with Crippen LogP contribution in [-0.2, 0) is 0 Å². The second kappa shape index (κ2) is 6.17. The summed E-state index contributed by atoms with van der Waals surface area (Å²) in [6, 6.07) is 8.43. The van der Waals surface area contributed by atoms with Crippen molar-refractivity contribution < 1.29 is 0 Å². The molecule has 2 nitrogen and oxygen atoms in total. The highest BCUT2D eigenvalue weighted by atomic mass is 14.9. The molecule has 1 aromatic carbocycles. The molecule has 0 amide bonds. The van der Waals surface area contributed by atoms with Gasteiger partial charge in [-0.05, 0) is 44.0 Å². The van der Waals surface area contributed by atoms with Gasteiger partial charge in [-0.3, -0.25) is 0 Å². The number of rotatable bonds is 5. The van der Waals surface area contributed by atoms with Crippen molar-refractivity contribution in [2.75, 3.05) is 5.32 Å². The first-order valence-electron chi connectivity index (χ1n) is 5.94. The fourth-order valence-corrected chi connectivity index (χ4v) is 1.74. The zero-order chi connectivity index (χ0) is 12.0. The summed E-state index contributed by atoms with van der Waals surface area (Å²) < 4.78 is 0. The van der Waals surface area contributed by atoms with E-state index in [9.17, 15) is 0 Å². The molecule has 0 aromatic heterocycles. The van der Waals surface area contributed by atoms with Crippen LogP contribution in [0.1, 0.15) is 44.2 Å². The van der Waals surface area contributed by atoms with E-state index < -0.39 is 0 Å². The van der Waals surface area contributed by atoms with Crippen LogP contribution in [0.25, 0.3) is 0 Å². The SMILES string of the molecule is CCCCC(C)Nc1ccc(C#N)cc1C. The third kappa shape index (κ3) is 3.58. The lowest BCUT2D eigenvalue weighted by molar-refractivity contribution is 0.645. The molecule has 0 radical (unpaired) electrons. The second-order valence-corrected chi connectivity index (χ2v) is 4.33. The Morgan fingerprint density at radius 3 is 2.75 bits per heavy atom. The third-order valence-corrected chi connectivity index (χ3v) is 2.75. The Bertz CT molecular complexity index is 377. The van der Waals surface area contributed by atoms with Gasteiger partial charge in [-0.25, -0.2) is 0 Å². The van der Waals surface area contributed by atoms with Crippen LogP contribution in [0.2, 0.25) is 0 Å². The lowest BCUT2D eigenvalue weighted by Crippen LogP contribution is -2.15. The van der Waals surface area contributed by atoms with Gasteiger partial charge >= 0.3 is 0 Å². The number of unbranched alkanes of at least 4 members (excludes halogenated alkanes) is 1. The average molecular weight is 216 g/mol. The van der Waals surface area contributed by atoms with Crippen LogP contribution in [0.4, 0.5) is 5.69 Å². The summed E-state index contributed by atoms with van der Waals surface area (Å²) in [6.07, 6.45) is 3.68. The summed E-state index contributed by atoms with van der Waals surface area (Å²) in [5.41, 5.74) is 3.01. The smallest absolute Gasteiger partial charge is 0.0991 e. The van der Waals surface area contributed by atoms with E-state index in [1.165, 1.54) is 19.3 Å². The van der Waals surface area contributed by atoms with Crippen molar-refractivity contribution in [2.24, 2.45) is 0 Å². The van der Waals surface area contributed by atoms with Gasteiger partial charge in [-0.2, -0.15) is 5.26 Å². The van der Waals surface area contributed by atoms with E-state index in [0.29, 0.717) is 6.04 Å². The molecule has 1 N–H and O–H groups in total. The van der Waals surface area contributed by atoms with Crippen LogP contribution in [0.15, 0.2) is 18.2 Å². The summed E-state index contributed by atoms with van der Waals surface area (Å²) in [5.74, 6) is 0. The molecule has 1 unspecified atom stereocenters. The number of benzene rings is 1. The molecular weight excluding hydrogens is 196 g/mol. The predicted octanol–water partition coefficient (Wildman–Crippen LogP) is 3.86. The van der Waals surface area contributed by atoms with Gasteiger partial charge in [0.05, 0.1) is 11.6 Å². The molecule has 1 rings (SSSR count). The van der Waals surface area contributed by atoms with Crippen LogP contribution in [-0.4, -0.2) is 6.04 Å². The van der Waals surface area contributed by atoms with E-state index in [2.05, 4.69) is 25.2 Å². The van der Waals surface area contributed by atoms with Crippen molar-refractivity contribution in [3.8, 4) is 6.07 Å². The molecule has 2 heteroatoms. The minimum absolute atomic E-state index is 0.492. The zero-order valence-electron chi connectivity index (χ0n) is 10.4. The fraction of sp³-hybridized carbons (Fsp3) is 0.500. The molecule has 16 heavy (non-hydrogen) atoms. The van der Waals surface area contributed by atoms with Crippen LogP contribution >= 0.6 is 0 Å².